The Morgan fingerprint density at radius 1 is 1.76 bits per heavy atom. The van der Waals surface area contributed by atoms with E-state index in [1.54, 1.807) is 6.07 Å². The minimum absolute atomic E-state index is 0.00759. The van der Waals surface area contributed by atoms with Crippen LogP contribution in [0.4, 0.5) is 4.39 Å². The summed E-state index contributed by atoms with van der Waals surface area (Å²) in [6.07, 6.45) is 0.00759. The highest BCUT2D eigenvalue weighted by Crippen LogP contribution is 2.38. The van der Waals surface area contributed by atoms with E-state index in [-0.39, 0.29) is 18.3 Å². The average molecular weight is 320 g/mol. The first-order chi connectivity index (χ1) is 7.98. The van der Waals surface area contributed by atoms with Crippen LogP contribution < -0.4 is 5.73 Å². The molecule has 0 fully saturated rings. The quantitative estimate of drug-likeness (QED) is 0.904. The molecule has 0 aliphatic carbocycles. The van der Waals surface area contributed by atoms with E-state index in [2.05, 4.69) is 20.9 Å². The minimum atomic E-state index is -1.15. The Bertz CT molecular complexity index is 490. The van der Waals surface area contributed by atoms with Crippen LogP contribution in [0.3, 0.4) is 0 Å². The Morgan fingerprint density at radius 2 is 2.47 bits per heavy atom. The highest BCUT2D eigenvalue weighted by atomic mass is 79.9. The van der Waals surface area contributed by atoms with Gasteiger partial charge >= 0.3 is 0 Å². The molecule has 0 aromatic carbocycles. The van der Waals surface area contributed by atoms with Crippen LogP contribution in [0.25, 0.3) is 0 Å². The summed E-state index contributed by atoms with van der Waals surface area (Å²) < 4.78 is 14.2. The predicted octanol–water partition coefficient (Wildman–Crippen LogP) is 1.85. The monoisotopic (exact) mass is 319 g/mol. The molecule has 1 aliphatic heterocycles. The summed E-state index contributed by atoms with van der Waals surface area (Å²) in [5, 5.41) is 1.83. The lowest BCUT2D eigenvalue weighted by Crippen LogP contribution is -2.49. The van der Waals surface area contributed by atoms with Crippen molar-refractivity contribution in [1.82, 2.24) is 4.90 Å². The number of alkyl halides is 1. The van der Waals surface area contributed by atoms with Crippen LogP contribution in [-0.4, -0.2) is 30.5 Å². The molecule has 2 N–H and O–H groups in total. The third kappa shape index (κ3) is 2.09. The fraction of sp³-hybridized carbons (Fsp3) is 0.400. The molecule has 0 saturated heterocycles. The second-order valence-corrected chi connectivity index (χ2v) is 5.72. The number of halogens is 2. The van der Waals surface area contributed by atoms with Crippen molar-refractivity contribution in [3.05, 3.63) is 20.8 Å². The molecule has 2 heterocycles. The zero-order valence-corrected chi connectivity index (χ0v) is 11.5. The Morgan fingerprint density at radius 3 is 2.94 bits per heavy atom. The van der Waals surface area contributed by atoms with E-state index < -0.39 is 12.2 Å². The summed E-state index contributed by atoms with van der Waals surface area (Å²) in [7, 11) is 1.54. The van der Waals surface area contributed by atoms with Gasteiger partial charge in [-0.2, -0.15) is 0 Å². The molecule has 1 aromatic rings. The molecule has 92 valence electrons. The average Bonchev–Trinajstić information content (AvgIpc) is 2.72. The number of carbonyl (C=O) groups is 1. The standard InChI is InChI=1S/C10H11BrFN3OS/c1-15-8(16)3-10(5-12,14-9(15)13)7-2-6(11)4-17-7/h2,4H,3,5H2,1H3,(H2,13,14)/t10-/m1/s1. The summed E-state index contributed by atoms with van der Waals surface area (Å²) in [5.74, 6) is -0.164. The molecule has 0 unspecified atom stereocenters. The van der Waals surface area contributed by atoms with E-state index in [1.165, 1.54) is 23.3 Å². The van der Waals surface area contributed by atoms with Crippen LogP contribution in [0.5, 0.6) is 0 Å². The van der Waals surface area contributed by atoms with E-state index in [0.717, 1.165) is 4.47 Å². The van der Waals surface area contributed by atoms with Gasteiger partial charge in [-0.25, -0.2) is 9.38 Å². The minimum Gasteiger partial charge on any atom is -0.369 e. The predicted molar refractivity (Wildman–Crippen MR) is 68.7 cm³/mol. The van der Waals surface area contributed by atoms with Crippen molar-refractivity contribution in [3.8, 4) is 0 Å². The van der Waals surface area contributed by atoms with Gasteiger partial charge in [0.2, 0.25) is 5.91 Å². The first-order valence-electron chi connectivity index (χ1n) is 4.91. The van der Waals surface area contributed by atoms with Crippen LogP contribution >= 0.6 is 27.3 Å². The molecule has 0 saturated carbocycles. The zero-order valence-electron chi connectivity index (χ0n) is 9.11. The molecule has 4 nitrogen and oxygen atoms in total. The van der Waals surface area contributed by atoms with Crippen molar-refractivity contribution >= 4 is 39.1 Å². The number of nitrogens with two attached hydrogens (primary N) is 1. The van der Waals surface area contributed by atoms with Gasteiger partial charge in [0.15, 0.2) is 5.96 Å². The van der Waals surface area contributed by atoms with Crippen LogP contribution in [0.2, 0.25) is 0 Å². The number of hydrogen-bond acceptors (Lipinski definition) is 4. The summed E-state index contributed by atoms with van der Waals surface area (Å²) in [6.45, 7) is -0.736. The van der Waals surface area contributed by atoms with E-state index in [9.17, 15) is 9.18 Å². The van der Waals surface area contributed by atoms with E-state index >= 15 is 0 Å². The van der Waals surface area contributed by atoms with Crippen molar-refractivity contribution in [3.63, 3.8) is 0 Å². The van der Waals surface area contributed by atoms with Crippen LogP contribution in [0.15, 0.2) is 20.9 Å². The van der Waals surface area contributed by atoms with Gasteiger partial charge in [-0.3, -0.25) is 9.69 Å². The summed E-state index contributed by atoms with van der Waals surface area (Å²) >= 11 is 4.67. The largest absolute Gasteiger partial charge is 0.369 e. The fourth-order valence-corrected chi connectivity index (χ4v) is 3.23. The summed E-state index contributed by atoms with van der Waals surface area (Å²) in [4.78, 5) is 17.9. The van der Waals surface area contributed by atoms with Crippen molar-refractivity contribution in [2.75, 3.05) is 13.7 Å². The zero-order chi connectivity index (χ0) is 12.6. The number of thiophene rings is 1. The topological polar surface area (TPSA) is 58.7 Å². The Balaban J connectivity index is 2.49. The maximum absolute atomic E-state index is 13.4. The molecular formula is C10H11BrFN3OS. The van der Waals surface area contributed by atoms with Crippen molar-refractivity contribution < 1.29 is 9.18 Å². The first kappa shape index (κ1) is 12.5. The molecule has 1 amide bonds. The molecular weight excluding hydrogens is 309 g/mol. The molecule has 0 spiro atoms. The number of aliphatic imine (C=N–C) groups is 1. The number of amides is 1. The number of carbonyl (C=O) groups excluding carboxylic acids is 1. The van der Waals surface area contributed by atoms with Gasteiger partial charge in [0.25, 0.3) is 0 Å². The maximum atomic E-state index is 13.4. The number of hydrogen-bond donors (Lipinski definition) is 1. The van der Waals surface area contributed by atoms with E-state index in [4.69, 9.17) is 5.73 Å². The highest BCUT2D eigenvalue weighted by Gasteiger charge is 2.41. The van der Waals surface area contributed by atoms with E-state index in [0.29, 0.717) is 4.88 Å². The molecule has 2 rings (SSSR count). The lowest BCUT2D eigenvalue weighted by Gasteiger charge is -2.33. The molecule has 17 heavy (non-hydrogen) atoms. The first-order valence-corrected chi connectivity index (χ1v) is 6.58. The van der Waals surface area contributed by atoms with Crippen LogP contribution in [0.1, 0.15) is 11.3 Å². The molecule has 0 radical (unpaired) electrons. The molecule has 1 aromatic heterocycles. The maximum Gasteiger partial charge on any atom is 0.231 e. The molecule has 1 atom stereocenters. The van der Waals surface area contributed by atoms with Gasteiger partial charge < -0.3 is 5.73 Å². The Kier molecular flexibility index (Phi) is 3.22. The smallest absolute Gasteiger partial charge is 0.231 e. The number of rotatable bonds is 2. The number of nitrogens with zero attached hydrogens (tertiary/aromatic N) is 2. The van der Waals surface area contributed by atoms with Gasteiger partial charge in [-0.1, -0.05) is 0 Å². The second-order valence-electron chi connectivity index (χ2n) is 3.89. The highest BCUT2D eigenvalue weighted by molar-refractivity contribution is 9.10. The lowest BCUT2D eigenvalue weighted by atomic mass is 9.93. The lowest BCUT2D eigenvalue weighted by molar-refractivity contribution is -0.128. The van der Waals surface area contributed by atoms with Gasteiger partial charge in [0, 0.05) is 21.8 Å². The van der Waals surface area contributed by atoms with Gasteiger partial charge in [-0.15, -0.1) is 11.3 Å². The van der Waals surface area contributed by atoms with Crippen LogP contribution in [-0.2, 0) is 10.3 Å². The molecule has 0 bridgehead atoms. The summed E-state index contributed by atoms with van der Waals surface area (Å²) in [6, 6.07) is 1.78. The fourth-order valence-electron chi connectivity index (χ4n) is 1.67. The molecule has 7 heteroatoms. The Labute approximate surface area is 110 Å². The van der Waals surface area contributed by atoms with Gasteiger partial charge in [0.05, 0.1) is 6.42 Å². The van der Waals surface area contributed by atoms with Crippen molar-refractivity contribution in [1.29, 1.82) is 0 Å². The van der Waals surface area contributed by atoms with E-state index in [1.807, 2.05) is 5.38 Å². The van der Waals surface area contributed by atoms with Crippen molar-refractivity contribution in [2.24, 2.45) is 10.7 Å². The SMILES string of the molecule is CN1C(=O)C[C@@](CF)(c2cc(Br)cs2)N=C1N. The summed E-state index contributed by atoms with van der Waals surface area (Å²) in [5.41, 5.74) is 4.50. The third-order valence-electron chi connectivity index (χ3n) is 2.74. The normalized spacial score (nSPS) is 25.0. The number of guanidine groups is 1. The molecule has 1 aliphatic rings. The van der Waals surface area contributed by atoms with Crippen molar-refractivity contribution in [2.45, 2.75) is 12.0 Å². The van der Waals surface area contributed by atoms with Gasteiger partial charge in [-0.05, 0) is 22.0 Å². The Hall–Kier alpha value is -0.950. The third-order valence-corrected chi connectivity index (χ3v) is 4.62. The van der Waals surface area contributed by atoms with Gasteiger partial charge in [0.1, 0.15) is 12.2 Å². The van der Waals surface area contributed by atoms with Crippen LogP contribution in [0, 0.1) is 0 Å². The second kappa shape index (κ2) is 4.38.